The molecule has 6 heteroatoms. The van der Waals surface area contributed by atoms with Gasteiger partial charge < -0.3 is 19.4 Å². The van der Waals surface area contributed by atoms with Crippen molar-refractivity contribution in [2.24, 2.45) is 0 Å². The van der Waals surface area contributed by atoms with Crippen molar-refractivity contribution >= 4 is 5.91 Å². The van der Waals surface area contributed by atoms with Crippen LogP contribution in [0.1, 0.15) is 54.3 Å². The summed E-state index contributed by atoms with van der Waals surface area (Å²) < 4.78 is 10.1. The maximum atomic E-state index is 11.9. The lowest BCUT2D eigenvalue weighted by Gasteiger charge is -2.07. The van der Waals surface area contributed by atoms with E-state index >= 15 is 0 Å². The Morgan fingerprint density at radius 3 is 3.00 bits per heavy atom. The monoisotopic (exact) mass is 278 g/mol. The van der Waals surface area contributed by atoms with Gasteiger partial charge in [0.1, 0.15) is 11.9 Å². The number of aromatic nitrogens is 1. The molecule has 0 fully saturated rings. The summed E-state index contributed by atoms with van der Waals surface area (Å²) in [6.07, 6.45) is 1.51. The Bertz CT molecular complexity index is 547. The molecular formula is C14H18N2O4. The topological polar surface area (TPSA) is 88.5 Å². The van der Waals surface area contributed by atoms with Gasteiger partial charge in [0.15, 0.2) is 0 Å². The first-order valence-electron chi connectivity index (χ1n) is 6.58. The maximum absolute atomic E-state index is 11.9. The van der Waals surface area contributed by atoms with Crippen molar-refractivity contribution in [2.45, 2.75) is 32.3 Å². The fourth-order valence-electron chi connectivity index (χ4n) is 1.70. The van der Waals surface area contributed by atoms with Crippen LogP contribution >= 0.6 is 0 Å². The first-order chi connectivity index (χ1) is 9.61. The van der Waals surface area contributed by atoms with Gasteiger partial charge in [-0.1, -0.05) is 19.0 Å². The lowest BCUT2D eigenvalue weighted by atomic mass is 10.1. The molecule has 6 nitrogen and oxygen atoms in total. The summed E-state index contributed by atoms with van der Waals surface area (Å²) in [5, 5.41) is 16.2. The van der Waals surface area contributed by atoms with Crippen LogP contribution < -0.4 is 5.32 Å². The predicted molar refractivity (Wildman–Crippen MR) is 71.2 cm³/mol. The van der Waals surface area contributed by atoms with Crippen molar-refractivity contribution in [3.63, 3.8) is 0 Å². The average Bonchev–Trinajstić information content (AvgIpc) is 3.13. The van der Waals surface area contributed by atoms with Gasteiger partial charge in [0, 0.05) is 12.0 Å². The van der Waals surface area contributed by atoms with Crippen LogP contribution in [0, 0.1) is 0 Å². The lowest BCUT2D eigenvalue weighted by Crippen LogP contribution is -2.27. The number of amides is 1. The maximum Gasteiger partial charge on any atom is 0.290 e. The molecule has 2 unspecified atom stereocenters. The number of carbonyl (C=O) groups is 1. The van der Waals surface area contributed by atoms with Crippen molar-refractivity contribution in [3.8, 4) is 0 Å². The molecule has 0 bridgehead atoms. The van der Waals surface area contributed by atoms with Gasteiger partial charge >= 0.3 is 0 Å². The molecule has 0 aliphatic rings. The quantitative estimate of drug-likeness (QED) is 0.846. The zero-order valence-corrected chi connectivity index (χ0v) is 11.5. The number of hydrogen-bond acceptors (Lipinski definition) is 5. The highest BCUT2D eigenvalue weighted by atomic mass is 16.5. The molecule has 1 amide bonds. The zero-order chi connectivity index (χ0) is 14.5. The van der Waals surface area contributed by atoms with Crippen LogP contribution in [-0.4, -0.2) is 22.7 Å². The minimum atomic E-state index is -0.883. The third kappa shape index (κ3) is 3.27. The van der Waals surface area contributed by atoms with Crippen LogP contribution in [0.3, 0.4) is 0 Å². The summed E-state index contributed by atoms with van der Waals surface area (Å²) in [4.78, 5) is 11.9. The van der Waals surface area contributed by atoms with E-state index in [1.807, 2.05) is 13.8 Å². The fourth-order valence-corrected chi connectivity index (χ4v) is 1.70. The van der Waals surface area contributed by atoms with Crippen LogP contribution in [0.4, 0.5) is 0 Å². The first-order valence-corrected chi connectivity index (χ1v) is 6.58. The highest BCUT2D eigenvalue weighted by molar-refractivity contribution is 5.91. The van der Waals surface area contributed by atoms with Gasteiger partial charge in [0.2, 0.25) is 5.76 Å². The van der Waals surface area contributed by atoms with Crippen molar-refractivity contribution in [2.75, 3.05) is 6.54 Å². The highest BCUT2D eigenvalue weighted by Crippen LogP contribution is 2.18. The summed E-state index contributed by atoms with van der Waals surface area (Å²) in [6, 6.07) is 4.95. The SMILES string of the molecule is CCC(C)c1cc(C(=O)NCC(O)c2ccco2)on1. The summed E-state index contributed by atoms with van der Waals surface area (Å²) in [6.45, 7) is 4.10. The van der Waals surface area contributed by atoms with Gasteiger partial charge in [0.05, 0.1) is 18.5 Å². The molecule has 2 heterocycles. The van der Waals surface area contributed by atoms with Gasteiger partial charge in [0.25, 0.3) is 5.91 Å². The van der Waals surface area contributed by atoms with E-state index in [9.17, 15) is 9.90 Å². The number of nitrogens with one attached hydrogen (secondary N) is 1. The molecule has 2 rings (SSSR count). The third-order valence-electron chi connectivity index (χ3n) is 3.20. The summed E-state index contributed by atoms with van der Waals surface area (Å²) >= 11 is 0. The number of nitrogens with zero attached hydrogens (tertiary/aromatic N) is 1. The van der Waals surface area contributed by atoms with Crippen LogP contribution in [0.5, 0.6) is 0 Å². The van der Waals surface area contributed by atoms with Gasteiger partial charge in [-0.2, -0.15) is 0 Å². The Hall–Kier alpha value is -2.08. The number of aliphatic hydroxyl groups is 1. The molecule has 0 saturated carbocycles. The summed E-state index contributed by atoms with van der Waals surface area (Å²) in [5.74, 6) is 0.391. The Morgan fingerprint density at radius 2 is 2.35 bits per heavy atom. The van der Waals surface area contributed by atoms with Crippen LogP contribution in [-0.2, 0) is 0 Å². The summed E-state index contributed by atoms with van der Waals surface area (Å²) in [5.41, 5.74) is 0.754. The highest BCUT2D eigenvalue weighted by Gasteiger charge is 2.17. The molecule has 0 radical (unpaired) electrons. The molecule has 108 valence electrons. The van der Waals surface area contributed by atoms with Crippen LogP contribution in [0.25, 0.3) is 0 Å². The van der Waals surface area contributed by atoms with E-state index in [2.05, 4.69) is 10.5 Å². The Morgan fingerprint density at radius 1 is 1.55 bits per heavy atom. The fraction of sp³-hybridized carbons (Fsp3) is 0.429. The Balaban J connectivity index is 1.90. The normalized spacial score (nSPS) is 13.9. The van der Waals surface area contributed by atoms with Gasteiger partial charge in [-0.25, -0.2) is 0 Å². The average molecular weight is 278 g/mol. The molecule has 0 spiro atoms. The van der Waals surface area contributed by atoms with Crippen molar-refractivity contribution in [3.05, 3.63) is 41.7 Å². The second kappa shape index (κ2) is 6.38. The molecule has 2 aromatic rings. The number of hydrogen-bond donors (Lipinski definition) is 2. The van der Waals surface area contributed by atoms with Gasteiger partial charge in [-0.3, -0.25) is 4.79 Å². The second-order valence-corrected chi connectivity index (χ2v) is 4.67. The Labute approximate surface area is 116 Å². The van der Waals surface area contributed by atoms with E-state index < -0.39 is 12.0 Å². The molecule has 0 aliphatic carbocycles. The van der Waals surface area contributed by atoms with E-state index in [4.69, 9.17) is 8.94 Å². The smallest absolute Gasteiger partial charge is 0.290 e. The van der Waals surface area contributed by atoms with E-state index in [0.717, 1.165) is 12.1 Å². The van der Waals surface area contributed by atoms with E-state index in [0.29, 0.717) is 5.76 Å². The van der Waals surface area contributed by atoms with Crippen molar-refractivity contribution < 1.29 is 18.8 Å². The summed E-state index contributed by atoms with van der Waals surface area (Å²) in [7, 11) is 0. The first kappa shape index (κ1) is 14.3. The van der Waals surface area contributed by atoms with Gasteiger partial charge in [-0.15, -0.1) is 0 Å². The second-order valence-electron chi connectivity index (χ2n) is 4.67. The number of furan rings is 1. The van der Waals surface area contributed by atoms with Gasteiger partial charge in [-0.05, 0) is 18.6 Å². The van der Waals surface area contributed by atoms with E-state index in [1.165, 1.54) is 6.26 Å². The molecule has 20 heavy (non-hydrogen) atoms. The third-order valence-corrected chi connectivity index (χ3v) is 3.20. The van der Waals surface area contributed by atoms with Crippen LogP contribution in [0.2, 0.25) is 0 Å². The number of aliphatic hydroxyl groups excluding tert-OH is 1. The minimum Gasteiger partial charge on any atom is -0.467 e. The van der Waals surface area contributed by atoms with E-state index in [-0.39, 0.29) is 18.2 Å². The van der Waals surface area contributed by atoms with Crippen molar-refractivity contribution in [1.29, 1.82) is 0 Å². The molecule has 2 aromatic heterocycles. The molecule has 0 saturated heterocycles. The zero-order valence-electron chi connectivity index (χ0n) is 11.5. The molecular weight excluding hydrogens is 260 g/mol. The van der Waals surface area contributed by atoms with E-state index in [1.54, 1.807) is 18.2 Å². The molecule has 0 aromatic carbocycles. The van der Waals surface area contributed by atoms with Crippen LogP contribution in [0.15, 0.2) is 33.4 Å². The molecule has 2 atom stereocenters. The minimum absolute atomic E-state index is 0.0473. The lowest BCUT2D eigenvalue weighted by molar-refractivity contribution is 0.0865. The standard InChI is InChI=1S/C14H18N2O4/c1-3-9(2)10-7-13(20-16-10)14(18)15-8-11(17)12-5-4-6-19-12/h4-7,9,11,17H,3,8H2,1-2H3,(H,15,18). The largest absolute Gasteiger partial charge is 0.467 e. The predicted octanol–water partition coefficient (Wildman–Crippen LogP) is 2.24. The van der Waals surface area contributed by atoms with Crippen molar-refractivity contribution in [1.82, 2.24) is 10.5 Å². The Kier molecular flexibility index (Phi) is 4.57. The molecule has 2 N–H and O–H groups in total. The molecule has 0 aliphatic heterocycles. The number of rotatable bonds is 6. The number of carbonyl (C=O) groups excluding carboxylic acids is 1.